The molecule has 0 aliphatic carbocycles. The summed E-state index contributed by atoms with van der Waals surface area (Å²) in [6.45, 7) is 12.3. The maximum atomic E-state index is 5.62. The molecule has 3 heteroatoms. The monoisotopic (exact) mass is 217 g/mol. The average molecular weight is 217 g/mol. The molecule has 3 nitrogen and oxygen atoms in total. The molecular weight excluding hydrogens is 190 g/mol. The fourth-order valence-corrected chi connectivity index (χ4v) is 0.989. The third-order valence-corrected chi connectivity index (χ3v) is 2.30. The lowest BCUT2D eigenvalue weighted by Gasteiger charge is -2.21. The molecule has 0 heterocycles. The molecule has 0 atom stereocenters. The van der Waals surface area contributed by atoms with Crippen molar-refractivity contribution >= 4 is 0 Å². The number of nitrogens with two attached hydrogens (primary N) is 1. The molecule has 0 aromatic rings. The van der Waals surface area contributed by atoms with Crippen molar-refractivity contribution in [1.82, 2.24) is 0 Å². The molecule has 0 aromatic heterocycles. The van der Waals surface area contributed by atoms with Gasteiger partial charge in [0.15, 0.2) is 0 Å². The zero-order valence-electron chi connectivity index (χ0n) is 10.7. The molecule has 0 amide bonds. The molecule has 92 valence electrons. The summed E-state index contributed by atoms with van der Waals surface area (Å²) in [6, 6.07) is 0. The Labute approximate surface area is 94.3 Å². The van der Waals surface area contributed by atoms with Crippen molar-refractivity contribution < 1.29 is 9.47 Å². The smallest absolute Gasteiger partial charge is 0.0700 e. The van der Waals surface area contributed by atoms with Gasteiger partial charge in [0.25, 0.3) is 0 Å². The van der Waals surface area contributed by atoms with E-state index in [-0.39, 0.29) is 5.41 Å². The van der Waals surface area contributed by atoms with E-state index in [2.05, 4.69) is 27.7 Å². The van der Waals surface area contributed by atoms with Crippen molar-refractivity contribution in [2.24, 2.45) is 17.1 Å². The molecule has 0 aliphatic rings. The van der Waals surface area contributed by atoms with E-state index >= 15 is 0 Å². The van der Waals surface area contributed by atoms with E-state index in [1.807, 2.05) is 0 Å². The number of hydrogen-bond acceptors (Lipinski definition) is 3. The predicted molar refractivity (Wildman–Crippen MR) is 63.9 cm³/mol. The maximum absolute atomic E-state index is 5.62. The summed E-state index contributed by atoms with van der Waals surface area (Å²) < 4.78 is 10.9. The van der Waals surface area contributed by atoms with E-state index in [0.29, 0.717) is 25.7 Å². The Morgan fingerprint density at radius 1 is 1.07 bits per heavy atom. The fourth-order valence-electron chi connectivity index (χ4n) is 0.989. The van der Waals surface area contributed by atoms with Crippen molar-refractivity contribution in [3.05, 3.63) is 0 Å². The van der Waals surface area contributed by atoms with E-state index in [0.717, 1.165) is 19.6 Å². The number of rotatable bonds is 9. The van der Waals surface area contributed by atoms with Crippen molar-refractivity contribution in [1.29, 1.82) is 0 Å². The molecule has 0 spiro atoms. The van der Waals surface area contributed by atoms with Gasteiger partial charge in [0.05, 0.1) is 13.2 Å². The second kappa shape index (κ2) is 8.08. The molecular formula is C12H27NO2. The molecule has 0 radical (unpaired) electrons. The first-order chi connectivity index (χ1) is 6.98. The van der Waals surface area contributed by atoms with Crippen molar-refractivity contribution in [3.63, 3.8) is 0 Å². The number of ether oxygens (including phenoxy) is 2. The first-order valence-corrected chi connectivity index (χ1v) is 5.83. The highest BCUT2D eigenvalue weighted by atomic mass is 16.5. The average Bonchev–Trinajstić information content (AvgIpc) is 2.16. The van der Waals surface area contributed by atoms with E-state index in [9.17, 15) is 0 Å². The van der Waals surface area contributed by atoms with Crippen LogP contribution in [0.4, 0.5) is 0 Å². The van der Waals surface area contributed by atoms with Gasteiger partial charge in [-0.1, -0.05) is 27.7 Å². The summed E-state index contributed by atoms with van der Waals surface area (Å²) in [7, 11) is 0. The van der Waals surface area contributed by atoms with Crippen LogP contribution >= 0.6 is 0 Å². The third kappa shape index (κ3) is 10.2. The Bertz CT molecular complexity index is 147. The second-order valence-electron chi connectivity index (χ2n) is 5.20. The minimum atomic E-state index is 0.193. The van der Waals surface area contributed by atoms with Crippen molar-refractivity contribution in [2.75, 3.05) is 33.0 Å². The highest BCUT2D eigenvalue weighted by Gasteiger charge is 2.14. The van der Waals surface area contributed by atoms with E-state index < -0.39 is 0 Å². The summed E-state index contributed by atoms with van der Waals surface area (Å²) in [6.07, 6.45) is 1.01. The third-order valence-electron chi connectivity index (χ3n) is 2.30. The summed E-state index contributed by atoms with van der Waals surface area (Å²) >= 11 is 0. The zero-order chi connectivity index (χ0) is 11.7. The summed E-state index contributed by atoms with van der Waals surface area (Å²) in [4.78, 5) is 0. The Balaban J connectivity index is 3.18. The van der Waals surface area contributed by atoms with Crippen LogP contribution in [0.3, 0.4) is 0 Å². The summed E-state index contributed by atoms with van der Waals surface area (Å²) in [5.41, 5.74) is 5.82. The topological polar surface area (TPSA) is 44.5 Å². The van der Waals surface area contributed by atoms with Gasteiger partial charge in [-0.3, -0.25) is 0 Å². The molecule has 0 saturated carbocycles. The molecule has 0 fully saturated rings. The Morgan fingerprint density at radius 3 is 2.20 bits per heavy atom. The van der Waals surface area contributed by atoms with Gasteiger partial charge in [-0.15, -0.1) is 0 Å². The summed E-state index contributed by atoms with van der Waals surface area (Å²) in [5.74, 6) is 0.598. The van der Waals surface area contributed by atoms with Gasteiger partial charge >= 0.3 is 0 Å². The van der Waals surface area contributed by atoms with Gasteiger partial charge in [-0.05, 0) is 24.3 Å². The van der Waals surface area contributed by atoms with Gasteiger partial charge in [0.2, 0.25) is 0 Å². The first kappa shape index (κ1) is 14.9. The Morgan fingerprint density at radius 2 is 1.67 bits per heavy atom. The number of hydrogen-bond donors (Lipinski definition) is 1. The molecule has 0 saturated heterocycles. The lowest BCUT2D eigenvalue weighted by molar-refractivity contribution is 0.0296. The van der Waals surface area contributed by atoms with Crippen LogP contribution in [-0.2, 0) is 9.47 Å². The van der Waals surface area contributed by atoms with Gasteiger partial charge in [0.1, 0.15) is 0 Å². The molecule has 2 N–H and O–H groups in total. The minimum Gasteiger partial charge on any atom is -0.379 e. The summed E-state index contributed by atoms with van der Waals surface area (Å²) in [5, 5.41) is 0. The van der Waals surface area contributed by atoms with Crippen molar-refractivity contribution in [3.8, 4) is 0 Å². The highest BCUT2D eigenvalue weighted by Crippen LogP contribution is 2.17. The Hall–Kier alpha value is -0.120. The quantitative estimate of drug-likeness (QED) is 0.601. The van der Waals surface area contributed by atoms with Gasteiger partial charge < -0.3 is 15.2 Å². The van der Waals surface area contributed by atoms with Crippen LogP contribution in [-0.4, -0.2) is 33.0 Å². The second-order valence-corrected chi connectivity index (χ2v) is 5.20. The molecule has 0 aliphatic heterocycles. The van der Waals surface area contributed by atoms with E-state index in [1.54, 1.807) is 0 Å². The largest absolute Gasteiger partial charge is 0.379 e. The van der Waals surface area contributed by atoms with Crippen LogP contribution in [0, 0.1) is 11.3 Å². The predicted octanol–water partition coefficient (Wildman–Crippen LogP) is 2.05. The fraction of sp³-hybridized carbons (Fsp3) is 1.00. The lowest BCUT2D eigenvalue weighted by atomic mass is 9.90. The van der Waals surface area contributed by atoms with Crippen LogP contribution < -0.4 is 5.73 Å². The Kier molecular flexibility index (Phi) is 8.02. The molecule has 15 heavy (non-hydrogen) atoms. The van der Waals surface area contributed by atoms with Crippen LogP contribution in [0.1, 0.15) is 34.1 Å². The normalized spacial score (nSPS) is 12.4. The van der Waals surface area contributed by atoms with Gasteiger partial charge in [0, 0.05) is 13.2 Å². The molecule has 0 bridgehead atoms. The minimum absolute atomic E-state index is 0.193. The first-order valence-electron chi connectivity index (χ1n) is 5.83. The van der Waals surface area contributed by atoms with Crippen LogP contribution in [0.2, 0.25) is 0 Å². The van der Waals surface area contributed by atoms with Gasteiger partial charge in [-0.25, -0.2) is 0 Å². The van der Waals surface area contributed by atoms with E-state index in [1.165, 1.54) is 0 Å². The lowest BCUT2D eigenvalue weighted by Crippen LogP contribution is -2.25. The highest BCUT2D eigenvalue weighted by molar-refractivity contribution is 4.68. The van der Waals surface area contributed by atoms with Crippen LogP contribution in [0.25, 0.3) is 0 Å². The van der Waals surface area contributed by atoms with E-state index in [4.69, 9.17) is 15.2 Å². The van der Waals surface area contributed by atoms with Crippen molar-refractivity contribution in [2.45, 2.75) is 34.1 Å². The molecule has 0 rings (SSSR count). The van der Waals surface area contributed by atoms with Gasteiger partial charge in [-0.2, -0.15) is 0 Å². The van der Waals surface area contributed by atoms with Crippen LogP contribution in [0.5, 0.6) is 0 Å². The SMILES string of the molecule is CC(C)COCCOCCC(C)(C)CN. The maximum Gasteiger partial charge on any atom is 0.0700 e. The standard InChI is InChI=1S/C12H27NO2/c1-11(2)9-15-8-7-14-6-5-12(3,4)10-13/h11H,5-10,13H2,1-4H3. The van der Waals surface area contributed by atoms with Crippen LogP contribution in [0.15, 0.2) is 0 Å². The zero-order valence-corrected chi connectivity index (χ0v) is 10.7. The molecule has 0 aromatic carbocycles. The molecule has 0 unspecified atom stereocenters.